The van der Waals surface area contributed by atoms with E-state index in [1.165, 1.54) is 12.3 Å². The molecular formula is C17H20N4O3S. The first-order valence-corrected chi connectivity index (χ1v) is 9.80. The molecule has 132 valence electrons. The molecule has 1 atom stereocenters. The molecule has 0 radical (unpaired) electrons. The lowest BCUT2D eigenvalue weighted by molar-refractivity contribution is 0.102. The van der Waals surface area contributed by atoms with Crippen molar-refractivity contribution in [3.63, 3.8) is 0 Å². The summed E-state index contributed by atoms with van der Waals surface area (Å²) < 4.78 is 23.3. The van der Waals surface area contributed by atoms with E-state index < -0.39 is 9.84 Å². The predicted molar refractivity (Wildman–Crippen MR) is 96.6 cm³/mol. The van der Waals surface area contributed by atoms with Gasteiger partial charge < -0.3 is 10.2 Å². The number of sulfone groups is 1. The van der Waals surface area contributed by atoms with Crippen molar-refractivity contribution in [1.82, 2.24) is 9.97 Å². The molecule has 1 aromatic carbocycles. The van der Waals surface area contributed by atoms with Crippen molar-refractivity contribution >= 4 is 27.4 Å². The number of hydrogen-bond acceptors (Lipinski definition) is 6. The molecule has 1 fully saturated rings. The van der Waals surface area contributed by atoms with Gasteiger partial charge in [-0.15, -0.1) is 0 Å². The van der Waals surface area contributed by atoms with Crippen molar-refractivity contribution in [2.75, 3.05) is 28.8 Å². The van der Waals surface area contributed by atoms with Crippen molar-refractivity contribution in [1.29, 1.82) is 0 Å². The Kier molecular flexibility index (Phi) is 4.71. The molecule has 0 saturated carbocycles. The molecule has 1 unspecified atom stereocenters. The average molecular weight is 360 g/mol. The Morgan fingerprint density at radius 3 is 2.80 bits per heavy atom. The van der Waals surface area contributed by atoms with E-state index in [9.17, 15) is 13.2 Å². The van der Waals surface area contributed by atoms with Crippen LogP contribution in [0.25, 0.3) is 0 Å². The second-order valence-electron chi connectivity index (χ2n) is 6.23. The molecule has 1 N–H and O–H groups in total. The molecule has 0 spiro atoms. The fourth-order valence-corrected chi connectivity index (χ4v) is 4.58. The fourth-order valence-electron chi connectivity index (χ4n) is 2.81. The van der Waals surface area contributed by atoms with E-state index >= 15 is 0 Å². The van der Waals surface area contributed by atoms with E-state index in [1.807, 2.05) is 31.2 Å². The minimum absolute atomic E-state index is 0.0899. The number of carbonyl (C=O) groups is 1. The van der Waals surface area contributed by atoms with Crippen molar-refractivity contribution in [2.45, 2.75) is 19.4 Å². The number of benzene rings is 1. The second-order valence-corrected chi connectivity index (χ2v) is 8.46. The summed E-state index contributed by atoms with van der Waals surface area (Å²) >= 11 is 0. The number of aryl methyl sites for hydroxylation is 1. The molecule has 1 aliphatic rings. The number of amides is 1. The first-order valence-electron chi connectivity index (χ1n) is 7.98. The van der Waals surface area contributed by atoms with Crippen LogP contribution < -0.4 is 10.2 Å². The highest BCUT2D eigenvalue weighted by Crippen LogP contribution is 2.20. The van der Waals surface area contributed by atoms with Gasteiger partial charge in [0.2, 0.25) is 5.95 Å². The van der Waals surface area contributed by atoms with Crippen LogP contribution in [0.3, 0.4) is 0 Å². The first-order chi connectivity index (χ1) is 11.8. The molecule has 1 amide bonds. The molecule has 0 bridgehead atoms. The van der Waals surface area contributed by atoms with Crippen LogP contribution in [0.1, 0.15) is 22.5 Å². The molecule has 8 heteroatoms. The fraction of sp³-hybridized carbons (Fsp3) is 0.353. The summed E-state index contributed by atoms with van der Waals surface area (Å²) in [5.41, 5.74) is 1.97. The summed E-state index contributed by atoms with van der Waals surface area (Å²) in [6, 6.07) is 8.86. The predicted octanol–water partition coefficient (Wildman–Crippen LogP) is 1.66. The van der Waals surface area contributed by atoms with E-state index in [4.69, 9.17) is 0 Å². The van der Waals surface area contributed by atoms with Crippen LogP contribution in [0.15, 0.2) is 36.5 Å². The van der Waals surface area contributed by atoms with Gasteiger partial charge in [-0.2, -0.15) is 0 Å². The third-order valence-corrected chi connectivity index (χ3v) is 5.97. The zero-order chi connectivity index (χ0) is 18.0. The van der Waals surface area contributed by atoms with Crippen LogP contribution >= 0.6 is 0 Å². The van der Waals surface area contributed by atoms with Gasteiger partial charge in [-0.05, 0) is 37.1 Å². The number of carbonyl (C=O) groups excluding carboxylic acids is 1. The lowest BCUT2D eigenvalue weighted by Gasteiger charge is -2.23. The Balaban J connectivity index is 1.76. The van der Waals surface area contributed by atoms with E-state index in [0.717, 1.165) is 5.56 Å². The molecule has 7 nitrogen and oxygen atoms in total. The normalized spacial score (nSPS) is 18.7. The Morgan fingerprint density at radius 1 is 1.32 bits per heavy atom. The largest absolute Gasteiger partial charge is 0.340 e. The maximum atomic E-state index is 12.4. The Bertz CT molecular complexity index is 898. The Morgan fingerprint density at radius 2 is 2.12 bits per heavy atom. The topological polar surface area (TPSA) is 92.3 Å². The van der Waals surface area contributed by atoms with Gasteiger partial charge in [0.05, 0.1) is 11.5 Å². The van der Waals surface area contributed by atoms with E-state index in [0.29, 0.717) is 18.1 Å². The third-order valence-electron chi connectivity index (χ3n) is 4.22. The zero-order valence-electron chi connectivity index (χ0n) is 14.1. The Hall–Kier alpha value is -2.48. The van der Waals surface area contributed by atoms with Crippen LogP contribution in [-0.2, 0) is 9.84 Å². The van der Waals surface area contributed by atoms with Crippen molar-refractivity contribution in [3.05, 3.63) is 47.8 Å². The van der Waals surface area contributed by atoms with E-state index in [-0.39, 0.29) is 29.1 Å². The number of hydrogen-bond donors (Lipinski definition) is 1. The highest BCUT2D eigenvalue weighted by atomic mass is 32.2. The summed E-state index contributed by atoms with van der Waals surface area (Å²) in [5.74, 6) is 0.281. The Labute approximate surface area is 147 Å². The highest BCUT2D eigenvalue weighted by Gasteiger charge is 2.31. The smallest absolute Gasteiger partial charge is 0.274 e. The molecule has 1 aromatic heterocycles. The molecule has 25 heavy (non-hydrogen) atoms. The van der Waals surface area contributed by atoms with Gasteiger partial charge in [0, 0.05) is 25.0 Å². The SMILES string of the molecule is Cc1cccc(NC(=O)c2ccnc(N(C)C3CCS(=O)(=O)C3)n2)c1. The maximum absolute atomic E-state index is 12.4. The van der Waals surface area contributed by atoms with Crippen molar-refractivity contribution < 1.29 is 13.2 Å². The van der Waals surface area contributed by atoms with Crippen LogP contribution in [0.4, 0.5) is 11.6 Å². The minimum Gasteiger partial charge on any atom is -0.340 e. The van der Waals surface area contributed by atoms with Gasteiger partial charge >= 0.3 is 0 Å². The van der Waals surface area contributed by atoms with Gasteiger partial charge in [-0.25, -0.2) is 18.4 Å². The number of rotatable bonds is 4. The number of anilines is 2. The maximum Gasteiger partial charge on any atom is 0.274 e. The van der Waals surface area contributed by atoms with Crippen molar-refractivity contribution in [3.8, 4) is 0 Å². The van der Waals surface area contributed by atoms with Crippen LogP contribution in [0.5, 0.6) is 0 Å². The van der Waals surface area contributed by atoms with Gasteiger partial charge in [0.25, 0.3) is 5.91 Å². The molecule has 1 saturated heterocycles. The first kappa shape index (κ1) is 17.3. The average Bonchev–Trinajstić information content (AvgIpc) is 2.94. The zero-order valence-corrected chi connectivity index (χ0v) is 15.0. The second kappa shape index (κ2) is 6.79. The van der Waals surface area contributed by atoms with Gasteiger partial charge in [0.15, 0.2) is 9.84 Å². The molecule has 0 aliphatic carbocycles. The molecule has 2 aromatic rings. The summed E-state index contributed by atoms with van der Waals surface area (Å²) in [4.78, 5) is 22.6. The lowest BCUT2D eigenvalue weighted by Crippen LogP contribution is -2.34. The quantitative estimate of drug-likeness (QED) is 0.891. The van der Waals surface area contributed by atoms with Crippen LogP contribution in [0, 0.1) is 6.92 Å². The third kappa shape index (κ3) is 4.14. The van der Waals surface area contributed by atoms with Gasteiger partial charge in [-0.1, -0.05) is 12.1 Å². The standard InChI is InChI=1S/C17H20N4O3S/c1-12-4-3-5-13(10-12)19-16(22)15-6-8-18-17(20-15)21(2)14-7-9-25(23,24)11-14/h3-6,8,10,14H,7,9,11H2,1-2H3,(H,19,22). The van der Waals surface area contributed by atoms with E-state index in [2.05, 4.69) is 15.3 Å². The summed E-state index contributed by atoms with van der Waals surface area (Å²) in [7, 11) is -1.24. The molecule has 1 aliphatic heterocycles. The van der Waals surface area contributed by atoms with Crippen LogP contribution in [-0.4, -0.2) is 48.9 Å². The molecule has 2 heterocycles. The summed E-state index contributed by atoms with van der Waals surface area (Å²) in [6.07, 6.45) is 2.05. The summed E-state index contributed by atoms with van der Waals surface area (Å²) in [5, 5.41) is 2.80. The van der Waals surface area contributed by atoms with Gasteiger partial charge in [-0.3, -0.25) is 4.79 Å². The minimum atomic E-state index is -3.00. The summed E-state index contributed by atoms with van der Waals surface area (Å²) in [6.45, 7) is 1.95. The van der Waals surface area contributed by atoms with Crippen LogP contribution in [0.2, 0.25) is 0 Å². The highest BCUT2D eigenvalue weighted by molar-refractivity contribution is 7.91. The number of nitrogens with one attached hydrogen (secondary N) is 1. The van der Waals surface area contributed by atoms with E-state index in [1.54, 1.807) is 11.9 Å². The molecular weight excluding hydrogens is 340 g/mol. The number of nitrogens with zero attached hydrogens (tertiary/aromatic N) is 3. The monoisotopic (exact) mass is 360 g/mol. The van der Waals surface area contributed by atoms with Gasteiger partial charge in [0.1, 0.15) is 5.69 Å². The lowest BCUT2D eigenvalue weighted by atomic mass is 10.2. The number of aromatic nitrogens is 2. The molecule has 3 rings (SSSR count). The van der Waals surface area contributed by atoms with Crippen molar-refractivity contribution in [2.24, 2.45) is 0 Å².